The molecule has 0 bridgehead atoms. The minimum absolute atomic E-state index is 0.0434. The van der Waals surface area contributed by atoms with Crippen molar-refractivity contribution in [3.05, 3.63) is 52.8 Å². The summed E-state index contributed by atoms with van der Waals surface area (Å²) in [7, 11) is 0. The highest BCUT2D eigenvalue weighted by atomic mass is 16.3. The van der Waals surface area contributed by atoms with Gasteiger partial charge >= 0.3 is 0 Å². The molecule has 3 aromatic rings. The topological polar surface area (TPSA) is 88.0 Å². The molecule has 4 heterocycles. The van der Waals surface area contributed by atoms with E-state index in [2.05, 4.69) is 50.5 Å². The molecule has 0 saturated carbocycles. The number of H-pyrrole nitrogens is 1. The highest BCUT2D eigenvalue weighted by Gasteiger charge is 2.21. The number of rotatable bonds is 3. The van der Waals surface area contributed by atoms with Crippen molar-refractivity contribution in [1.82, 2.24) is 14.9 Å². The van der Waals surface area contributed by atoms with Gasteiger partial charge < -0.3 is 15.4 Å². The number of nitrogens with zero attached hydrogens (tertiary/aromatic N) is 3. The van der Waals surface area contributed by atoms with Crippen LogP contribution in [0.3, 0.4) is 0 Å². The highest BCUT2D eigenvalue weighted by Crippen LogP contribution is 2.39. The molecule has 2 aromatic heterocycles. The number of aromatic amines is 1. The number of likely N-dealkylation sites (tertiary alicyclic amines) is 1. The fraction of sp³-hybridized carbons (Fsp3) is 0.304. The molecule has 0 radical (unpaired) electrons. The number of aromatic nitrogens is 2. The van der Waals surface area contributed by atoms with Crippen LogP contribution in [-0.4, -0.2) is 39.6 Å². The largest absolute Gasteiger partial charge is 0.504 e. The number of hydrogen-bond acceptors (Lipinski definition) is 5. The van der Waals surface area contributed by atoms with Crippen LogP contribution in [0.2, 0.25) is 0 Å². The fourth-order valence-corrected chi connectivity index (χ4v) is 4.35. The van der Waals surface area contributed by atoms with Gasteiger partial charge in [0.1, 0.15) is 11.9 Å². The number of aromatic hydroxyl groups is 1. The fourth-order valence-electron chi connectivity index (χ4n) is 4.35. The van der Waals surface area contributed by atoms with Crippen molar-refractivity contribution in [2.75, 3.05) is 25.0 Å². The van der Waals surface area contributed by atoms with Gasteiger partial charge in [0.05, 0.1) is 17.1 Å². The summed E-state index contributed by atoms with van der Waals surface area (Å²) in [5.74, 6) is 0.774. The standard InChI is InChI=1S/C23H23N5O/c24-11-19-22(29)21-18-10-17(12-26-23(18)27-20(21)13-25-19)16-6-4-15(5-7-16)14-28-8-2-1-3-9-28/h4-7,10,13,26-27,29H,1-3,8-9,12,14H2. The maximum atomic E-state index is 10.5. The van der Waals surface area contributed by atoms with Crippen LogP contribution < -0.4 is 5.32 Å². The average Bonchev–Trinajstić information content (AvgIpc) is 3.14. The van der Waals surface area contributed by atoms with E-state index in [1.54, 1.807) is 6.20 Å². The number of pyridine rings is 1. The van der Waals surface area contributed by atoms with Crippen LogP contribution in [-0.2, 0) is 6.54 Å². The third kappa shape index (κ3) is 3.24. The first kappa shape index (κ1) is 17.8. The van der Waals surface area contributed by atoms with Crippen LogP contribution >= 0.6 is 0 Å². The van der Waals surface area contributed by atoms with Crippen LogP contribution in [0.4, 0.5) is 5.82 Å². The normalized spacial score (nSPS) is 16.7. The van der Waals surface area contributed by atoms with E-state index in [1.165, 1.54) is 37.9 Å². The molecular formula is C23H23N5O. The second-order valence-corrected chi connectivity index (χ2v) is 7.83. The van der Waals surface area contributed by atoms with E-state index in [1.807, 2.05) is 6.07 Å². The van der Waals surface area contributed by atoms with Gasteiger partial charge in [0, 0.05) is 18.7 Å². The lowest BCUT2D eigenvalue weighted by atomic mass is 9.98. The van der Waals surface area contributed by atoms with Crippen molar-refractivity contribution in [3.8, 4) is 11.8 Å². The Morgan fingerprint density at radius 1 is 1.14 bits per heavy atom. The number of benzene rings is 1. The van der Waals surface area contributed by atoms with Crippen LogP contribution in [0.5, 0.6) is 5.75 Å². The molecule has 6 nitrogen and oxygen atoms in total. The molecule has 6 heteroatoms. The molecule has 0 aliphatic carbocycles. The van der Waals surface area contributed by atoms with Gasteiger partial charge in [-0.3, -0.25) is 4.90 Å². The zero-order valence-electron chi connectivity index (χ0n) is 16.2. The predicted molar refractivity (Wildman–Crippen MR) is 114 cm³/mol. The van der Waals surface area contributed by atoms with Gasteiger partial charge in [-0.05, 0) is 48.7 Å². The Morgan fingerprint density at radius 2 is 1.93 bits per heavy atom. The first-order chi connectivity index (χ1) is 14.2. The van der Waals surface area contributed by atoms with Gasteiger partial charge in [0.25, 0.3) is 0 Å². The molecule has 0 atom stereocenters. The summed E-state index contributed by atoms with van der Waals surface area (Å²) >= 11 is 0. The number of nitriles is 1. The Hall–Kier alpha value is -3.30. The van der Waals surface area contributed by atoms with Crippen molar-refractivity contribution < 1.29 is 5.11 Å². The van der Waals surface area contributed by atoms with E-state index in [-0.39, 0.29) is 11.4 Å². The van der Waals surface area contributed by atoms with Gasteiger partial charge in [0.15, 0.2) is 11.4 Å². The van der Waals surface area contributed by atoms with E-state index >= 15 is 0 Å². The van der Waals surface area contributed by atoms with Gasteiger partial charge in [-0.25, -0.2) is 4.98 Å². The summed E-state index contributed by atoms with van der Waals surface area (Å²) in [6.07, 6.45) is 7.65. The number of nitrogens with one attached hydrogen (secondary N) is 2. The molecule has 1 fully saturated rings. The van der Waals surface area contributed by atoms with Gasteiger partial charge in [-0.2, -0.15) is 5.26 Å². The number of piperidine rings is 1. The van der Waals surface area contributed by atoms with E-state index in [0.29, 0.717) is 17.4 Å². The van der Waals surface area contributed by atoms with Gasteiger partial charge in [0.2, 0.25) is 0 Å². The number of fused-ring (bicyclic) bond motifs is 3. The molecule has 3 N–H and O–H groups in total. The molecule has 0 spiro atoms. The summed E-state index contributed by atoms with van der Waals surface area (Å²) in [5, 5.41) is 23.7. The summed E-state index contributed by atoms with van der Waals surface area (Å²) in [4.78, 5) is 9.78. The second kappa shape index (κ2) is 7.26. The summed E-state index contributed by atoms with van der Waals surface area (Å²) in [6.45, 7) is 4.11. The quantitative estimate of drug-likeness (QED) is 0.632. The molecular weight excluding hydrogens is 362 g/mol. The molecule has 29 heavy (non-hydrogen) atoms. The molecule has 2 aliphatic heterocycles. The molecule has 0 unspecified atom stereocenters. The Labute approximate surface area is 169 Å². The Kier molecular flexibility index (Phi) is 4.45. The summed E-state index contributed by atoms with van der Waals surface area (Å²) < 4.78 is 0. The lowest BCUT2D eigenvalue weighted by Crippen LogP contribution is -2.29. The van der Waals surface area contributed by atoms with Gasteiger partial charge in [-0.1, -0.05) is 30.7 Å². The maximum absolute atomic E-state index is 10.5. The lowest BCUT2D eigenvalue weighted by molar-refractivity contribution is 0.221. The van der Waals surface area contributed by atoms with E-state index in [4.69, 9.17) is 0 Å². The zero-order chi connectivity index (χ0) is 19.8. The molecule has 0 amide bonds. The van der Waals surface area contributed by atoms with Crippen molar-refractivity contribution in [2.24, 2.45) is 0 Å². The maximum Gasteiger partial charge on any atom is 0.183 e. The molecule has 1 aromatic carbocycles. The van der Waals surface area contributed by atoms with Crippen molar-refractivity contribution in [2.45, 2.75) is 25.8 Å². The molecule has 2 aliphatic rings. The smallest absolute Gasteiger partial charge is 0.183 e. The predicted octanol–water partition coefficient (Wildman–Crippen LogP) is 4.09. The monoisotopic (exact) mass is 385 g/mol. The van der Waals surface area contributed by atoms with Crippen LogP contribution in [0.25, 0.3) is 22.6 Å². The summed E-state index contributed by atoms with van der Waals surface area (Å²) in [5.41, 5.74) is 5.28. The van der Waals surface area contributed by atoms with E-state index in [9.17, 15) is 10.4 Å². The highest BCUT2D eigenvalue weighted by molar-refractivity contribution is 6.05. The van der Waals surface area contributed by atoms with Crippen molar-refractivity contribution >= 4 is 28.4 Å². The Morgan fingerprint density at radius 3 is 2.69 bits per heavy atom. The Balaban J connectivity index is 1.45. The zero-order valence-corrected chi connectivity index (χ0v) is 16.2. The van der Waals surface area contributed by atoms with Crippen LogP contribution in [0.15, 0.2) is 30.5 Å². The third-order valence-electron chi connectivity index (χ3n) is 5.91. The van der Waals surface area contributed by atoms with Crippen LogP contribution in [0.1, 0.15) is 41.6 Å². The Bertz CT molecular complexity index is 1130. The minimum Gasteiger partial charge on any atom is -0.504 e. The second-order valence-electron chi connectivity index (χ2n) is 7.83. The molecule has 5 rings (SSSR count). The minimum atomic E-state index is -0.0707. The first-order valence-electron chi connectivity index (χ1n) is 10.1. The summed E-state index contributed by atoms with van der Waals surface area (Å²) in [6, 6.07) is 10.7. The molecule has 1 saturated heterocycles. The third-order valence-corrected chi connectivity index (χ3v) is 5.91. The van der Waals surface area contributed by atoms with E-state index in [0.717, 1.165) is 29.1 Å². The van der Waals surface area contributed by atoms with E-state index < -0.39 is 0 Å². The number of anilines is 1. The first-order valence-corrected chi connectivity index (χ1v) is 10.1. The van der Waals surface area contributed by atoms with Crippen molar-refractivity contribution in [1.29, 1.82) is 5.26 Å². The molecule has 146 valence electrons. The van der Waals surface area contributed by atoms with Crippen LogP contribution in [0, 0.1) is 11.3 Å². The number of hydrogen-bond donors (Lipinski definition) is 3. The average molecular weight is 385 g/mol. The lowest BCUT2D eigenvalue weighted by Gasteiger charge is -2.26. The SMILES string of the molecule is N#Cc1ncc2[nH]c3c(c2c1O)C=C(c1ccc(CN2CCCCC2)cc1)CN3. The van der Waals surface area contributed by atoms with Gasteiger partial charge in [-0.15, -0.1) is 0 Å². The van der Waals surface area contributed by atoms with Crippen molar-refractivity contribution in [3.63, 3.8) is 0 Å².